The van der Waals surface area contributed by atoms with Gasteiger partial charge < -0.3 is 10.5 Å². The first-order chi connectivity index (χ1) is 7.15. The Hall–Kier alpha value is -0.640. The molecule has 1 rings (SSSR count). The van der Waals surface area contributed by atoms with Gasteiger partial charge in [0.15, 0.2) is 0 Å². The van der Waals surface area contributed by atoms with Gasteiger partial charge in [-0.1, -0.05) is 17.7 Å². The van der Waals surface area contributed by atoms with Crippen LogP contribution in [0.1, 0.15) is 24.9 Å². The lowest BCUT2D eigenvalue weighted by molar-refractivity contribution is 0.140. The number of hydrogen-bond donors (Lipinski definition) is 1. The van der Waals surface area contributed by atoms with Gasteiger partial charge >= 0.3 is 0 Å². The van der Waals surface area contributed by atoms with Crippen molar-refractivity contribution in [1.29, 1.82) is 0 Å². The van der Waals surface area contributed by atoms with Gasteiger partial charge in [-0.05, 0) is 31.0 Å². The molecular formula is C11H15ClFNO. The first-order valence-electron chi connectivity index (χ1n) is 4.93. The van der Waals surface area contributed by atoms with E-state index in [0.29, 0.717) is 19.6 Å². The minimum Gasteiger partial charge on any atom is -0.382 e. The molecule has 0 aliphatic heterocycles. The predicted molar refractivity (Wildman–Crippen MR) is 59.4 cm³/mol. The third kappa shape index (κ3) is 3.78. The Morgan fingerprint density at radius 1 is 1.53 bits per heavy atom. The zero-order chi connectivity index (χ0) is 11.3. The minimum atomic E-state index is -0.419. The van der Waals surface area contributed by atoms with Crippen LogP contribution in [0.15, 0.2) is 18.2 Å². The van der Waals surface area contributed by atoms with Crippen molar-refractivity contribution in [2.24, 2.45) is 5.73 Å². The molecule has 0 saturated heterocycles. The van der Waals surface area contributed by atoms with Gasteiger partial charge in [-0.15, -0.1) is 0 Å². The van der Waals surface area contributed by atoms with E-state index in [4.69, 9.17) is 22.1 Å². The lowest BCUT2D eigenvalue weighted by Crippen LogP contribution is -2.13. The number of benzene rings is 1. The van der Waals surface area contributed by atoms with Crippen molar-refractivity contribution in [1.82, 2.24) is 0 Å². The molecule has 0 spiro atoms. The molecule has 15 heavy (non-hydrogen) atoms. The first-order valence-corrected chi connectivity index (χ1v) is 5.31. The van der Waals surface area contributed by atoms with Crippen LogP contribution in [-0.2, 0) is 4.74 Å². The van der Waals surface area contributed by atoms with Gasteiger partial charge in [0.2, 0.25) is 0 Å². The molecule has 0 fully saturated rings. The van der Waals surface area contributed by atoms with Crippen molar-refractivity contribution in [3.05, 3.63) is 34.6 Å². The van der Waals surface area contributed by atoms with Gasteiger partial charge in [-0.25, -0.2) is 4.39 Å². The summed E-state index contributed by atoms with van der Waals surface area (Å²) in [6.45, 7) is 3.21. The third-order valence-corrected chi connectivity index (χ3v) is 2.44. The maximum Gasteiger partial charge on any atom is 0.141 e. The molecule has 2 nitrogen and oxygen atoms in total. The molecule has 0 saturated carbocycles. The monoisotopic (exact) mass is 231 g/mol. The zero-order valence-electron chi connectivity index (χ0n) is 8.67. The molecule has 1 aromatic rings. The van der Waals surface area contributed by atoms with E-state index in [0.717, 1.165) is 5.56 Å². The summed E-state index contributed by atoms with van der Waals surface area (Å²) in [5, 5.41) is 0.111. The second-order valence-corrected chi connectivity index (χ2v) is 3.67. The van der Waals surface area contributed by atoms with E-state index in [-0.39, 0.29) is 11.1 Å². The lowest BCUT2D eigenvalue weighted by Gasteiger charge is -2.12. The molecule has 4 heteroatoms. The second-order valence-electron chi connectivity index (χ2n) is 3.27. The van der Waals surface area contributed by atoms with Crippen LogP contribution >= 0.6 is 11.6 Å². The Balaban J connectivity index is 2.57. The van der Waals surface area contributed by atoms with Crippen LogP contribution in [0.3, 0.4) is 0 Å². The molecule has 1 unspecified atom stereocenters. The standard InChI is InChI=1S/C11H15ClFNO/c1-2-15-6-5-11(14)8-3-4-10(13)9(12)7-8/h3-4,7,11H,2,5-6,14H2,1H3. The fourth-order valence-electron chi connectivity index (χ4n) is 1.26. The Kier molecular flexibility index (Phi) is 5.02. The zero-order valence-corrected chi connectivity index (χ0v) is 9.43. The highest BCUT2D eigenvalue weighted by molar-refractivity contribution is 6.30. The maximum absolute atomic E-state index is 12.9. The number of halogens is 2. The van der Waals surface area contributed by atoms with Crippen LogP contribution < -0.4 is 5.73 Å². The molecule has 1 aromatic carbocycles. The molecule has 0 aliphatic rings. The van der Waals surface area contributed by atoms with Crippen LogP contribution in [0.4, 0.5) is 4.39 Å². The highest BCUT2D eigenvalue weighted by Crippen LogP contribution is 2.21. The molecule has 2 N–H and O–H groups in total. The van der Waals surface area contributed by atoms with Crippen LogP contribution in [0.25, 0.3) is 0 Å². The molecule has 0 bridgehead atoms. The summed E-state index contributed by atoms with van der Waals surface area (Å²) in [5.41, 5.74) is 6.73. The number of nitrogens with two attached hydrogens (primary N) is 1. The highest BCUT2D eigenvalue weighted by Gasteiger charge is 2.08. The summed E-state index contributed by atoms with van der Waals surface area (Å²) in [6.07, 6.45) is 0.704. The lowest BCUT2D eigenvalue weighted by atomic mass is 10.1. The van der Waals surface area contributed by atoms with Crippen molar-refractivity contribution < 1.29 is 9.13 Å². The molecule has 0 heterocycles. The van der Waals surface area contributed by atoms with Gasteiger partial charge in [0.25, 0.3) is 0 Å². The Morgan fingerprint density at radius 3 is 2.87 bits per heavy atom. The molecular weight excluding hydrogens is 217 g/mol. The Labute approximate surface area is 94.2 Å². The SMILES string of the molecule is CCOCCC(N)c1ccc(F)c(Cl)c1. The largest absolute Gasteiger partial charge is 0.382 e. The van der Waals surface area contributed by atoms with E-state index in [1.165, 1.54) is 6.07 Å². The van der Waals surface area contributed by atoms with Crippen molar-refractivity contribution in [3.63, 3.8) is 0 Å². The van der Waals surface area contributed by atoms with Gasteiger partial charge in [0.1, 0.15) is 5.82 Å². The molecule has 0 amide bonds. The smallest absolute Gasteiger partial charge is 0.141 e. The van der Waals surface area contributed by atoms with Gasteiger partial charge in [-0.3, -0.25) is 0 Å². The minimum absolute atomic E-state index is 0.111. The fourth-order valence-corrected chi connectivity index (χ4v) is 1.45. The van der Waals surface area contributed by atoms with E-state index >= 15 is 0 Å². The summed E-state index contributed by atoms with van der Waals surface area (Å²) < 4.78 is 18.1. The molecule has 84 valence electrons. The second kappa shape index (κ2) is 6.05. The van der Waals surface area contributed by atoms with Crippen LogP contribution in [0.5, 0.6) is 0 Å². The number of hydrogen-bond acceptors (Lipinski definition) is 2. The van der Waals surface area contributed by atoms with Crippen molar-refractivity contribution in [2.75, 3.05) is 13.2 Å². The Morgan fingerprint density at radius 2 is 2.27 bits per heavy atom. The number of ether oxygens (including phenoxy) is 1. The molecule has 1 atom stereocenters. The van der Waals surface area contributed by atoms with E-state index in [9.17, 15) is 4.39 Å². The van der Waals surface area contributed by atoms with E-state index < -0.39 is 5.82 Å². The fraction of sp³-hybridized carbons (Fsp3) is 0.455. The van der Waals surface area contributed by atoms with Gasteiger partial charge in [0, 0.05) is 19.3 Å². The van der Waals surface area contributed by atoms with E-state index in [1.807, 2.05) is 6.92 Å². The Bertz CT molecular complexity index is 319. The third-order valence-electron chi connectivity index (χ3n) is 2.15. The summed E-state index contributed by atoms with van der Waals surface area (Å²) in [4.78, 5) is 0. The molecule has 0 aromatic heterocycles. The average Bonchev–Trinajstić information content (AvgIpc) is 2.22. The highest BCUT2D eigenvalue weighted by atomic mass is 35.5. The summed E-state index contributed by atoms with van der Waals surface area (Å²) in [6, 6.07) is 4.39. The van der Waals surface area contributed by atoms with Crippen LogP contribution in [0.2, 0.25) is 5.02 Å². The van der Waals surface area contributed by atoms with Crippen LogP contribution in [-0.4, -0.2) is 13.2 Å². The van der Waals surface area contributed by atoms with Crippen LogP contribution in [0, 0.1) is 5.82 Å². The van der Waals surface area contributed by atoms with Gasteiger partial charge in [-0.2, -0.15) is 0 Å². The topological polar surface area (TPSA) is 35.2 Å². The van der Waals surface area contributed by atoms with Crippen molar-refractivity contribution >= 4 is 11.6 Å². The summed E-state index contributed by atoms with van der Waals surface area (Å²) in [7, 11) is 0. The first kappa shape index (κ1) is 12.4. The van der Waals surface area contributed by atoms with Crippen molar-refractivity contribution in [2.45, 2.75) is 19.4 Å². The predicted octanol–water partition coefficient (Wildman–Crippen LogP) is 2.91. The van der Waals surface area contributed by atoms with E-state index in [1.54, 1.807) is 12.1 Å². The molecule has 0 aliphatic carbocycles. The summed E-state index contributed by atoms with van der Waals surface area (Å²) in [5.74, 6) is -0.419. The average molecular weight is 232 g/mol. The van der Waals surface area contributed by atoms with Gasteiger partial charge in [0.05, 0.1) is 5.02 Å². The van der Waals surface area contributed by atoms with Crippen molar-refractivity contribution in [3.8, 4) is 0 Å². The number of rotatable bonds is 5. The van der Waals surface area contributed by atoms with E-state index in [2.05, 4.69) is 0 Å². The normalized spacial score (nSPS) is 12.8. The summed E-state index contributed by atoms with van der Waals surface area (Å²) >= 11 is 5.66. The quantitative estimate of drug-likeness (QED) is 0.791. The maximum atomic E-state index is 12.9. The molecule has 0 radical (unpaired) electrons.